The lowest BCUT2D eigenvalue weighted by molar-refractivity contribution is -0.141. The molecule has 2 saturated carbocycles. The Morgan fingerprint density at radius 1 is 0.857 bits per heavy atom. The van der Waals surface area contributed by atoms with Gasteiger partial charge in [0.15, 0.2) is 5.76 Å². The van der Waals surface area contributed by atoms with Gasteiger partial charge in [-0.25, -0.2) is 0 Å². The molecule has 226 valence electrons. The minimum atomic E-state index is -1.17. The highest BCUT2D eigenvalue weighted by Crippen LogP contribution is 2.28. The van der Waals surface area contributed by atoms with Gasteiger partial charge in [0.2, 0.25) is 17.6 Å². The third kappa shape index (κ3) is 7.57. The van der Waals surface area contributed by atoms with E-state index in [0.29, 0.717) is 25.0 Å². The Kier molecular flexibility index (Phi) is 9.92. The predicted octanol–water partition coefficient (Wildman–Crippen LogP) is 3.53. The highest BCUT2D eigenvalue weighted by molar-refractivity contribution is 6.38. The van der Waals surface area contributed by atoms with E-state index in [9.17, 15) is 24.0 Å². The zero-order valence-corrected chi connectivity index (χ0v) is 24.1. The summed E-state index contributed by atoms with van der Waals surface area (Å²) in [5, 5.41) is 12.0. The van der Waals surface area contributed by atoms with Crippen molar-refractivity contribution in [3.8, 4) is 0 Å². The van der Waals surface area contributed by atoms with Crippen LogP contribution in [0.3, 0.4) is 0 Å². The van der Waals surface area contributed by atoms with Crippen LogP contribution in [0.4, 0.5) is 0 Å². The second-order valence-corrected chi connectivity index (χ2v) is 12.2. The maximum atomic E-state index is 13.8. The summed E-state index contributed by atoms with van der Waals surface area (Å²) >= 11 is 0. The Bertz CT molecular complexity index is 1260. The maximum Gasteiger partial charge on any atom is 0.289 e. The molecule has 5 rings (SSSR count). The van der Waals surface area contributed by atoms with Gasteiger partial charge in [-0.3, -0.25) is 24.0 Å². The molecule has 0 bridgehead atoms. The first kappa shape index (κ1) is 29.8. The quantitative estimate of drug-likeness (QED) is 0.300. The van der Waals surface area contributed by atoms with Gasteiger partial charge >= 0.3 is 0 Å². The van der Waals surface area contributed by atoms with E-state index in [1.807, 2.05) is 18.2 Å². The summed E-state index contributed by atoms with van der Waals surface area (Å²) in [5.74, 6) is -2.87. The van der Waals surface area contributed by atoms with E-state index in [1.165, 1.54) is 0 Å². The lowest BCUT2D eigenvalue weighted by Gasteiger charge is -2.28. The monoisotopic (exact) mass is 578 g/mol. The number of Topliss-reactive ketones (excluding diaryl/α,β-unsaturated/α-hetero) is 1. The average Bonchev–Trinajstić information content (AvgIpc) is 3.63. The second kappa shape index (κ2) is 14.0. The van der Waals surface area contributed by atoms with Crippen molar-refractivity contribution in [2.75, 3.05) is 6.54 Å². The molecule has 2 aromatic rings. The van der Waals surface area contributed by atoms with Crippen LogP contribution in [0, 0.1) is 11.8 Å². The minimum Gasteiger partial charge on any atom is -0.451 e. The van der Waals surface area contributed by atoms with Crippen LogP contribution in [0.25, 0.3) is 11.0 Å². The Balaban J connectivity index is 1.32. The smallest absolute Gasteiger partial charge is 0.289 e. The van der Waals surface area contributed by atoms with Crippen molar-refractivity contribution in [2.45, 2.75) is 102 Å². The molecule has 42 heavy (non-hydrogen) atoms. The highest BCUT2D eigenvalue weighted by atomic mass is 16.3. The molecule has 1 unspecified atom stereocenters. The first-order chi connectivity index (χ1) is 20.4. The molecule has 3 fully saturated rings. The second-order valence-electron chi connectivity index (χ2n) is 12.2. The summed E-state index contributed by atoms with van der Waals surface area (Å²) in [5.41, 5.74) is 0.570. The number of fused-ring (bicyclic) bond motifs is 1. The zero-order chi connectivity index (χ0) is 29.5. The van der Waals surface area contributed by atoms with E-state index >= 15 is 0 Å². The number of furan rings is 1. The number of hydrogen-bond acceptors (Lipinski definition) is 6. The van der Waals surface area contributed by atoms with Crippen molar-refractivity contribution < 1.29 is 28.4 Å². The van der Waals surface area contributed by atoms with Gasteiger partial charge in [0.1, 0.15) is 11.6 Å². The fourth-order valence-corrected chi connectivity index (χ4v) is 6.63. The van der Waals surface area contributed by atoms with Crippen molar-refractivity contribution in [2.24, 2.45) is 11.8 Å². The summed E-state index contributed by atoms with van der Waals surface area (Å²) in [6, 6.07) is 6.75. The van der Waals surface area contributed by atoms with Gasteiger partial charge in [0, 0.05) is 23.9 Å². The lowest BCUT2D eigenvalue weighted by Crippen LogP contribution is -2.55. The van der Waals surface area contributed by atoms with E-state index < -0.39 is 41.5 Å². The van der Waals surface area contributed by atoms with Gasteiger partial charge in [0.25, 0.3) is 11.8 Å². The topological polar surface area (TPSA) is 147 Å². The largest absolute Gasteiger partial charge is 0.451 e. The van der Waals surface area contributed by atoms with Gasteiger partial charge in [-0.1, -0.05) is 69.6 Å². The summed E-state index contributed by atoms with van der Waals surface area (Å²) in [7, 11) is 0. The molecule has 0 spiro atoms. The average molecular weight is 579 g/mol. The number of ketones is 1. The molecular formula is C32H42N4O6. The maximum absolute atomic E-state index is 13.8. The Morgan fingerprint density at radius 2 is 1.57 bits per heavy atom. The van der Waals surface area contributed by atoms with Crippen molar-refractivity contribution in [3.05, 3.63) is 36.1 Å². The van der Waals surface area contributed by atoms with Crippen LogP contribution in [0.1, 0.15) is 94.0 Å². The van der Waals surface area contributed by atoms with Crippen LogP contribution in [0.5, 0.6) is 0 Å². The molecule has 4 N–H and O–H groups in total. The normalized spacial score (nSPS) is 21.3. The van der Waals surface area contributed by atoms with Crippen LogP contribution in [-0.2, 0) is 19.2 Å². The molecule has 1 aliphatic heterocycles. The zero-order valence-electron chi connectivity index (χ0n) is 24.1. The molecule has 3 atom stereocenters. The van der Waals surface area contributed by atoms with Gasteiger partial charge < -0.3 is 25.7 Å². The molecule has 10 nitrogen and oxygen atoms in total. The van der Waals surface area contributed by atoms with E-state index in [-0.39, 0.29) is 30.0 Å². The Morgan fingerprint density at radius 3 is 2.26 bits per heavy atom. The third-order valence-corrected chi connectivity index (χ3v) is 9.05. The standard InChI is InChI=1S/C32H42N4O6/c37-28(32(41)34-23-12-5-2-6-13-23)24(18-22-15-16-33-29(22)38)35-30(39)25(17-20-9-3-1-4-10-20)36-31(40)27-19-21-11-7-8-14-26(21)42-27/h7-8,11,14,19-20,22-25H,1-6,9-10,12-13,15-18H2,(H,33,38)(H,34,41)(H,35,39)(H,36,40)/t22-,24?,25-/m0/s1. The molecule has 2 heterocycles. The Hall–Kier alpha value is -3.69. The highest BCUT2D eigenvalue weighted by Gasteiger charge is 2.37. The van der Waals surface area contributed by atoms with E-state index in [4.69, 9.17) is 4.42 Å². The van der Waals surface area contributed by atoms with Crippen molar-refractivity contribution in [3.63, 3.8) is 0 Å². The molecule has 10 heteroatoms. The fourth-order valence-electron chi connectivity index (χ4n) is 6.63. The Labute approximate surface area is 246 Å². The summed E-state index contributed by atoms with van der Waals surface area (Å²) in [4.78, 5) is 65.9. The number of para-hydroxylation sites is 1. The lowest BCUT2D eigenvalue weighted by atomic mass is 9.84. The SMILES string of the molecule is O=C(NC1CCCCC1)C(=O)C(C[C@@H]1CCNC1=O)NC(=O)[C@H](CC1CCCCC1)NC(=O)c1cc2ccccc2o1. The molecule has 1 aromatic heterocycles. The molecule has 3 aliphatic rings. The summed E-state index contributed by atoms with van der Waals surface area (Å²) < 4.78 is 5.73. The van der Waals surface area contributed by atoms with Crippen LogP contribution in [-0.4, -0.2) is 54.1 Å². The number of nitrogens with one attached hydrogen (secondary N) is 4. The first-order valence-electron chi connectivity index (χ1n) is 15.6. The van der Waals surface area contributed by atoms with E-state index in [1.54, 1.807) is 12.1 Å². The molecular weight excluding hydrogens is 536 g/mol. The van der Waals surface area contributed by atoms with Crippen LogP contribution in [0.2, 0.25) is 0 Å². The van der Waals surface area contributed by atoms with Crippen molar-refractivity contribution >= 4 is 40.4 Å². The fraction of sp³-hybridized carbons (Fsp3) is 0.594. The molecule has 4 amide bonds. The summed E-state index contributed by atoms with van der Waals surface area (Å²) in [6.07, 6.45) is 10.9. The van der Waals surface area contributed by atoms with Gasteiger partial charge in [-0.15, -0.1) is 0 Å². The number of rotatable bonds is 11. The number of amides is 4. The summed E-state index contributed by atoms with van der Waals surface area (Å²) in [6.45, 7) is 0.491. The minimum absolute atomic E-state index is 0.0299. The third-order valence-electron chi connectivity index (χ3n) is 9.05. The number of hydrogen-bond donors (Lipinski definition) is 4. The van der Waals surface area contributed by atoms with Gasteiger partial charge in [0.05, 0.1) is 6.04 Å². The first-order valence-corrected chi connectivity index (χ1v) is 15.6. The predicted molar refractivity (Wildman–Crippen MR) is 156 cm³/mol. The van der Waals surface area contributed by atoms with Crippen LogP contribution < -0.4 is 21.3 Å². The molecule has 1 saturated heterocycles. The van der Waals surface area contributed by atoms with E-state index in [2.05, 4.69) is 21.3 Å². The molecule has 2 aliphatic carbocycles. The van der Waals surface area contributed by atoms with Crippen LogP contribution >= 0.6 is 0 Å². The van der Waals surface area contributed by atoms with E-state index in [0.717, 1.165) is 69.6 Å². The van der Waals surface area contributed by atoms with Gasteiger partial charge in [-0.05, 0) is 50.2 Å². The van der Waals surface area contributed by atoms with Crippen molar-refractivity contribution in [1.82, 2.24) is 21.3 Å². The van der Waals surface area contributed by atoms with Crippen LogP contribution in [0.15, 0.2) is 34.7 Å². The molecule has 0 radical (unpaired) electrons. The van der Waals surface area contributed by atoms with Gasteiger partial charge in [-0.2, -0.15) is 0 Å². The molecule has 1 aromatic carbocycles. The number of carbonyl (C=O) groups excluding carboxylic acids is 5. The number of benzene rings is 1. The number of carbonyl (C=O) groups is 5. The van der Waals surface area contributed by atoms with Crippen molar-refractivity contribution in [1.29, 1.82) is 0 Å².